The van der Waals surface area contributed by atoms with Gasteiger partial charge in [0.25, 0.3) is 0 Å². The van der Waals surface area contributed by atoms with Crippen molar-refractivity contribution < 1.29 is 9.47 Å². The van der Waals surface area contributed by atoms with Crippen LogP contribution in [0.4, 0.5) is 0 Å². The molecule has 0 radical (unpaired) electrons. The average molecular weight is 301 g/mol. The Balaban J connectivity index is 2.44. The molecular weight excluding hydrogens is 276 g/mol. The van der Waals surface area contributed by atoms with Crippen LogP contribution in [0.3, 0.4) is 0 Å². The summed E-state index contributed by atoms with van der Waals surface area (Å²) in [6, 6.07) is 1.88. The molecule has 114 valence electrons. The van der Waals surface area contributed by atoms with Gasteiger partial charge in [-0.15, -0.1) is 0 Å². The van der Waals surface area contributed by atoms with Gasteiger partial charge in [0.2, 0.25) is 5.88 Å². The maximum atomic E-state index is 6.11. The Hall–Kier alpha value is -0.840. The summed E-state index contributed by atoms with van der Waals surface area (Å²) in [5, 5.41) is 3.97. The van der Waals surface area contributed by atoms with Crippen molar-refractivity contribution in [2.24, 2.45) is 0 Å². The molecule has 0 bridgehead atoms. The van der Waals surface area contributed by atoms with Crippen LogP contribution in [0.1, 0.15) is 39.7 Å². The first-order valence-electron chi connectivity index (χ1n) is 7.04. The molecule has 5 heteroatoms. The molecule has 1 aromatic rings. The van der Waals surface area contributed by atoms with Crippen molar-refractivity contribution in [3.05, 3.63) is 22.8 Å². The van der Waals surface area contributed by atoms with Crippen LogP contribution in [0.15, 0.2) is 12.3 Å². The van der Waals surface area contributed by atoms with Crippen molar-refractivity contribution in [1.29, 1.82) is 0 Å². The highest BCUT2D eigenvalue weighted by atomic mass is 35.5. The second kappa shape index (κ2) is 8.45. The molecule has 0 atom stereocenters. The van der Waals surface area contributed by atoms with Gasteiger partial charge in [0, 0.05) is 18.8 Å². The number of halogens is 1. The summed E-state index contributed by atoms with van der Waals surface area (Å²) < 4.78 is 11.2. The van der Waals surface area contributed by atoms with Gasteiger partial charge in [0.05, 0.1) is 17.2 Å². The Bertz CT molecular complexity index is 405. The van der Waals surface area contributed by atoms with Gasteiger partial charge in [-0.1, -0.05) is 18.5 Å². The van der Waals surface area contributed by atoms with E-state index in [-0.39, 0.29) is 5.60 Å². The first-order valence-corrected chi connectivity index (χ1v) is 7.42. The van der Waals surface area contributed by atoms with Gasteiger partial charge in [-0.05, 0) is 39.3 Å². The first-order chi connectivity index (χ1) is 9.42. The lowest BCUT2D eigenvalue weighted by atomic mass is 10.2. The minimum Gasteiger partial charge on any atom is -0.475 e. The van der Waals surface area contributed by atoms with Crippen LogP contribution in [0.5, 0.6) is 5.88 Å². The standard InChI is InChI=1S/C15H25ClN2O2/c1-5-6-17-10-12-9-14(18-11-13(12)16)19-7-8-20-15(2,3)4/h9,11,17H,5-8,10H2,1-4H3. The monoisotopic (exact) mass is 300 g/mol. The lowest BCUT2D eigenvalue weighted by Crippen LogP contribution is -2.22. The molecule has 0 saturated carbocycles. The fourth-order valence-corrected chi connectivity index (χ4v) is 1.74. The molecule has 1 N–H and O–H groups in total. The van der Waals surface area contributed by atoms with E-state index in [2.05, 4.69) is 17.2 Å². The van der Waals surface area contributed by atoms with Crippen LogP contribution in [0.2, 0.25) is 5.02 Å². The van der Waals surface area contributed by atoms with Gasteiger partial charge in [-0.25, -0.2) is 4.98 Å². The highest BCUT2D eigenvalue weighted by molar-refractivity contribution is 6.31. The highest BCUT2D eigenvalue weighted by Gasteiger charge is 2.10. The molecule has 0 amide bonds. The molecule has 20 heavy (non-hydrogen) atoms. The topological polar surface area (TPSA) is 43.4 Å². The zero-order valence-corrected chi connectivity index (χ0v) is 13.6. The van der Waals surface area contributed by atoms with Crippen molar-refractivity contribution in [3.63, 3.8) is 0 Å². The minimum atomic E-state index is -0.147. The summed E-state index contributed by atoms with van der Waals surface area (Å²) in [7, 11) is 0. The van der Waals surface area contributed by atoms with Crippen LogP contribution in [-0.2, 0) is 11.3 Å². The van der Waals surface area contributed by atoms with Crippen molar-refractivity contribution in [2.45, 2.75) is 46.3 Å². The van der Waals surface area contributed by atoms with Crippen LogP contribution >= 0.6 is 11.6 Å². The van der Waals surface area contributed by atoms with E-state index in [1.165, 1.54) is 0 Å². The average Bonchev–Trinajstić information content (AvgIpc) is 2.37. The van der Waals surface area contributed by atoms with E-state index in [1.54, 1.807) is 6.20 Å². The summed E-state index contributed by atoms with van der Waals surface area (Å²) in [6.07, 6.45) is 2.72. The fraction of sp³-hybridized carbons (Fsp3) is 0.667. The molecule has 1 heterocycles. The molecule has 0 aromatic carbocycles. The maximum absolute atomic E-state index is 6.11. The summed E-state index contributed by atoms with van der Waals surface area (Å²) >= 11 is 6.11. The number of hydrogen-bond donors (Lipinski definition) is 1. The third-order valence-corrected chi connectivity index (χ3v) is 2.86. The van der Waals surface area contributed by atoms with Gasteiger partial charge in [0.15, 0.2) is 0 Å². The van der Waals surface area contributed by atoms with Crippen LogP contribution in [0, 0.1) is 0 Å². The Kier molecular flexibility index (Phi) is 7.27. The van der Waals surface area contributed by atoms with Gasteiger partial charge >= 0.3 is 0 Å². The van der Waals surface area contributed by atoms with E-state index >= 15 is 0 Å². The molecule has 0 aliphatic rings. The number of hydrogen-bond acceptors (Lipinski definition) is 4. The number of ether oxygens (including phenoxy) is 2. The molecule has 0 aliphatic carbocycles. The van der Waals surface area contributed by atoms with E-state index in [1.807, 2.05) is 26.8 Å². The van der Waals surface area contributed by atoms with E-state index in [4.69, 9.17) is 21.1 Å². The Morgan fingerprint density at radius 3 is 2.70 bits per heavy atom. The number of rotatable bonds is 8. The molecule has 1 aromatic heterocycles. The Labute approximate surface area is 126 Å². The van der Waals surface area contributed by atoms with Crippen molar-refractivity contribution in [2.75, 3.05) is 19.8 Å². The zero-order chi connectivity index (χ0) is 15.0. The maximum Gasteiger partial charge on any atom is 0.213 e. The molecule has 0 aliphatic heterocycles. The van der Waals surface area contributed by atoms with Crippen molar-refractivity contribution in [3.8, 4) is 5.88 Å². The third kappa shape index (κ3) is 7.08. The first kappa shape index (κ1) is 17.2. The van der Waals surface area contributed by atoms with E-state index < -0.39 is 0 Å². The lowest BCUT2D eigenvalue weighted by molar-refractivity contribution is -0.0168. The summed E-state index contributed by atoms with van der Waals surface area (Å²) in [5.74, 6) is 0.584. The summed E-state index contributed by atoms with van der Waals surface area (Å²) in [6.45, 7) is 10.9. The van der Waals surface area contributed by atoms with Crippen LogP contribution in [0.25, 0.3) is 0 Å². The number of pyridine rings is 1. The van der Waals surface area contributed by atoms with E-state index in [9.17, 15) is 0 Å². The number of nitrogens with one attached hydrogen (secondary N) is 1. The molecule has 1 rings (SSSR count). The molecule has 0 unspecified atom stereocenters. The third-order valence-electron chi connectivity index (χ3n) is 2.52. The van der Waals surface area contributed by atoms with Crippen molar-refractivity contribution in [1.82, 2.24) is 10.3 Å². The molecule has 0 spiro atoms. The lowest BCUT2D eigenvalue weighted by Gasteiger charge is -2.19. The Morgan fingerprint density at radius 1 is 1.30 bits per heavy atom. The van der Waals surface area contributed by atoms with E-state index in [0.717, 1.165) is 25.1 Å². The van der Waals surface area contributed by atoms with Crippen LogP contribution < -0.4 is 10.1 Å². The van der Waals surface area contributed by atoms with Crippen LogP contribution in [-0.4, -0.2) is 30.3 Å². The molecule has 4 nitrogen and oxygen atoms in total. The largest absolute Gasteiger partial charge is 0.475 e. The van der Waals surface area contributed by atoms with Gasteiger partial charge in [-0.3, -0.25) is 0 Å². The second-order valence-electron chi connectivity index (χ2n) is 5.60. The summed E-state index contributed by atoms with van der Waals surface area (Å²) in [5.41, 5.74) is 0.855. The van der Waals surface area contributed by atoms with Crippen molar-refractivity contribution >= 4 is 11.6 Å². The smallest absolute Gasteiger partial charge is 0.213 e. The normalized spacial score (nSPS) is 11.7. The Morgan fingerprint density at radius 2 is 2.05 bits per heavy atom. The van der Waals surface area contributed by atoms with Gasteiger partial charge < -0.3 is 14.8 Å². The molecule has 0 saturated heterocycles. The predicted octanol–water partition coefficient (Wildman–Crippen LogP) is 3.43. The number of aromatic nitrogens is 1. The molecular formula is C15H25ClN2O2. The highest BCUT2D eigenvalue weighted by Crippen LogP contribution is 2.19. The quantitative estimate of drug-likeness (QED) is 0.747. The number of nitrogens with zero attached hydrogens (tertiary/aromatic N) is 1. The van der Waals surface area contributed by atoms with E-state index in [0.29, 0.717) is 24.1 Å². The van der Waals surface area contributed by atoms with Gasteiger partial charge in [0.1, 0.15) is 6.61 Å². The predicted molar refractivity (Wildman–Crippen MR) is 82.4 cm³/mol. The zero-order valence-electron chi connectivity index (χ0n) is 12.8. The fourth-order valence-electron chi connectivity index (χ4n) is 1.57. The van der Waals surface area contributed by atoms with Gasteiger partial charge in [-0.2, -0.15) is 0 Å². The minimum absolute atomic E-state index is 0.147. The second-order valence-corrected chi connectivity index (χ2v) is 6.01. The summed E-state index contributed by atoms with van der Waals surface area (Å²) in [4.78, 5) is 4.16. The molecule has 0 fully saturated rings. The SMILES string of the molecule is CCCNCc1cc(OCCOC(C)(C)C)ncc1Cl.